The lowest BCUT2D eigenvalue weighted by Crippen LogP contribution is -2.59. The van der Waals surface area contributed by atoms with E-state index in [2.05, 4.69) is 0 Å². The lowest BCUT2D eigenvalue weighted by atomic mass is 9.74. The normalized spacial score (nSPS) is 53.8. The van der Waals surface area contributed by atoms with E-state index in [-0.39, 0.29) is 17.6 Å². The first-order valence-corrected chi connectivity index (χ1v) is 5.27. The van der Waals surface area contributed by atoms with Crippen LogP contribution in [-0.2, 0) is 4.74 Å². The van der Waals surface area contributed by atoms with Gasteiger partial charge in [-0.05, 0) is 19.8 Å². The molecule has 3 heteroatoms. The Bertz CT molecular complexity index is 203. The third-order valence-electron chi connectivity index (χ3n) is 3.72. The molecule has 0 aromatic rings. The minimum atomic E-state index is -0.615. The molecule has 0 aromatic heterocycles. The van der Waals surface area contributed by atoms with Crippen molar-refractivity contribution in [2.45, 2.75) is 56.8 Å². The number of halogens is 1. The van der Waals surface area contributed by atoms with E-state index in [1.54, 1.807) is 0 Å². The summed E-state index contributed by atoms with van der Waals surface area (Å²) in [5.41, 5.74) is -0.219. The molecule has 2 aliphatic heterocycles. The molecule has 2 fully saturated rings. The summed E-state index contributed by atoms with van der Waals surface area (Å²) in [6.45, 7) is 5.95. The Labute approximate surface area is 84.2 Å². The first kappa shape index (κ1) is 9.75. The minimum Gasteiger partial charge on any atom is -0.391 e. The highest BCUT2D eigenvalue weighted by Gasteiger charge is 2.58. The van der Waals surface area contributed by atoms with E-state index in [1.807, 2.05) is 20.8 Å². The highest BCUT2D eigenvalue weighted by molar-refractivity contribution is 6.24. The second-order valence-electron chi connectivity index (χ2n) is 5.07. The molecular formula is C10H17ClO2. The molecule has 4 atom stereocenters. The summed E-state index contributed by atoms with van der Waals surface area (Å²) in [5.74, 6) is 0. The van der Waals surface area contributed by atoms with Crippen LogP contribution in [0, 0.1) is 5.41 Å². The molecule has 1 unspecified atom stereocenters. The number of fused-ring (bicyclic) bond motifs is 2. The van der Waals surface area contributed by atoms with E-state index < -0.39 is 11.0 Å². The Morgan fingerprint density at radius 3 is 2.38 bits per heavy atom. The van der Waals surface area contributed by atoms with Gasteiger partial charge in [-0.15, -0.1) is 11.6 Å². The molecule has 1 N–H and O–H groups in total. The van der Waals surface area contributed by atoms with Gasteiger partial charge < -0.3 is 9.84 Å². The van der Waals surface area contributed by atoms with E-state index in [0.29, 0.717) is 0 Å². The van der Waals surface area contributed by atoms with Crippen LogP contribution in [0.2, 0.25) is 0 Å². The molecule has 0 saturated carbocycles. The van der Waals surface area contributed by atoms with E-state index in [1.165, 1.54) is 0 Å². The number of rotatable bonds is 0. The van der Waals surface area contributed by atoms with E-state index in [4.69, 9.17) is 16.3 Å². The van der Waals surface area contributed by atoms with E-state index in [0.717, 1.165) is 12.8 Å². The highest BCUT2D eigenvalue weighted by atomic mass is 35.5. The molecule has 2 rings (SSSR count). The topological polar surface area (TPSA) is 29.5 Å². The SMILES string of the molecule is CC1(C)C(O)[C@](C)(Cl)[C@@H]2CC[C@H]1O2. The predicted molar refractivity (Wildman–Crippen MR) is 51.9 cm³/mol. The van der Waals surface area contributed by atoms with Crippen molar-refractivity contribution in [3.05, 3.63) is 0 Å². The summed E-state index contributed by atoms with van der Waals surface area (Å²) < 4.78 is 5.81. The molecule has 13 heavy (non-hydrogen) atoms. The Morgan fingerprint density at radius 2 is 1.77 bits per heavy atom. The molecule has 0 aromatic carbocycles. The van der Waals surface area contributed by atoms with Crippen molar-refractivity contribution in [3.63, 3.8) is 0 Å². The van der Waals surface area contributed by atoms with Crippen LogP contribution >= 0.6 is 11.6 Å². The molecule has 2 saturated heterocycles. The standard InChI is InChI=1S/C10H17ClO2/c1-9(2)6-4-5-7(13-6)10(3,11)8(9)12/h6-8,12H,4-5H2,1-3H3/t6-,7+,8?,10-/m1/s1. The average Bonchev–Trinajstić information content (AvgIpc) is 2.48. The molecule has 2 nitrogen and oxygen atoms in total. The maximum absolute atomic E-state index is 10.1. The Morgan fingerprint density at radius 1 is 1.23 bits per heavy atom. The molecule has 0 spiro atoms. The molecule has 0 radical (unpaired) electrons. The van der Waals surface area contributed by atoms with Gasteiger partial charge in [-0.25, -0.2) is 0 Å². The number of aliphatic hydroxyl groups is 1. The fourth-order valence-electron chi connectivity index (χ4n) is 2.68. The Hall–Kier alpha value is 0.210. The van der Waals surface area contributed by atoms with E-state index >= 15 is 0 Å². The summed E-state index contributed by atoms with van der Waals surface area (Å²) in [6.07, 6.45) is 1.73. The van der Waals surface area contributed by atoms with E-state index in [9.17, 15) is 5.11 Å². The van der Waals surface area contributed by atoms with Gasteiger partial charge in [-0.1, -0.05) is 13.8 Å². The summed E-state index contributed by atoms with van der Waals surface area (Å²) in [5, 5.41) is 10.1. The van der Waals surface area contributed by atoms with Crippen molar-refractivity contribution < 1.29 is 9.84 Å². The quantitative estimate of drug-likeness (QED) is 0.611. The maximum Gasteiger partial charge on any atom is 0.0943 e. The number of hydrogen-bond donors (Lipinski definition) is 1. The fourth-order valence-corrected chi connectivity index (χ4v) is 3.12. The van der Waals surface area contributed by atoms with Gasteiger partial charge in [0, 0.05) is 5.41 Å². The number of hydrogen-bond acceptors (Lipinski definition) is 2. The van der Waals surface area contributed by atoms with Crippen LogP contribution < -0.4 is 0 Å². The predicted octanol–water partition coefficient (Wildman–Crippen LogP) is 1.93. The number of aliphatic hydroxyl groups excluding tert-OH is 1. The van der Waals surface area contributed by atoms with Crippen molar-refractivity contribution in [2.24, 2.45) is 5.41 Å². The summed E-state index contributed by atoms with van der Waals surface area (Å²) in [4.78, 5) is -0.615. The van der Waals surface area contributed by atoms with Crippen LogP contribution in [0.3, 0.4) is 0 Å². The zero-order chi connectivity index (χ0) is 9.85. The lowest BCUT2D eigenvalue weighted by Gasteiger charge is -2.48. The van der Waals surface area contributed by atoms with Gasteiger partial charge in [0.25, 0.3) is 0 Å². The van der Waals surface area contributed by atoms with Gasteiger partial charge in [0.05, 0.1) is 23.2 Å². The molecule has 2 aliphatic rings. The summed E-state index contributed by atoms with van der Waals surface area (Å²) >= 11 is 6.32. The van der Waals surface area contributed by atoms with Crippen molar-refractivity contribution in [2.75, 3.05) is 0 Å². The zero-order valence-corrected chi connectivity index (χ0v) is 9.14. The van der Waals surface area contributed by atoms with Gasteiger partial charge in [-0.3, -0.25) is 0 Å². The molecular weight excluding hydrogens is 188 g/mol. The summed E-state index contributed by atoms with van der Waals surface area (Å²) in [7, 11) is 0. The smallest absolute Gasteiger partial charge is 0.0943 e. The minimum absolute atomic E-state index is 0.0298. The van der Waals surface area contributed by atoms with Gasteiger partial charge >= 0.3 is 0 Å². The average molecular weight is 205 g/mol. The number of alkyl halides is 1. The maximum atomic E-state index is 10.1. The number of ether oxygens (including phenoxy) is 1. The van der Waals surface area contributed by atoms with Crippen LogP contribution in [0.25, 0.3) is 0 Å². The third-order valence-corrected chi connectivity index (χ3v) is 4.17. The van der Waals surface area contributed by atoms with Crippen LogP contribution in [0.1, 0.15) is 33.6 Å². The van der Waals surface area contributed by atoms with Gasteiger partial charge in [0.15, 0.2) is 0 Å². The molecule has 0 aliphatic carbocycles. The Balaban J connectivity index is 2.36. The van der Waals surface area contributed by atoms with Crippen LogP contribution in [0.4, 0.5) is 0 Å². The monoisotopic (exact) mass is 204 g/mol. The van der Waals surface area contributed by atoms with Gasteiger partial charge in [0.1, 0.15) is 0 Å². The molecule has 2 heterocycles. The first-order chi connectivity index (χ1) is 5.87. The van der Waals surface area contributed by atoms with Gasteiger partial charge in [-0.2, -0.15) is 0 Å². The second kappa shape index (κ2) is 2.62. The van der Waals surface area contributed by atoms with Crippen LogP contribution in [0.15, 0.2) is 0 Å². The fraction of sp³-hybridized carbons (Fsp3) is 1.00. The second-order valence-corrected chi connectivity index (χ2v) is 5.88. The zero-order valence-electron chi connectivity index (χ0n) is 8.38. The Kier molecular flexibility index (Phi) is 1.96. The largest absolute Gasteiger partial charge is 0.391 e. The van der Waals surface area contributed by atoms with Crippen molar-refractivity contribution in [1.82, 2.24) is 0 Å². The molecule has 0 amide bonds. The van der Waals surface area contributed by atoms with Crippen LogP contribution in [-0.4, -0.2) is 28.3 Å². The first-order valence-electron chi connectivity index (χ1n) is 4.89. The van der Waals surface area contributed by atoms with Crippen molar-refractivity contribution in [3.8, 4) is 0 Å². The third kappa shape index (κ3) is 1.15. The van der Waals surface area contributed by atoms with Crippen LogP contribution in [0.5, 0.6) is 0 Å². The molecule has 76 valence electrons. The highest BCUT2D eigenvalue weighted by Crippen LogP contribution is 2.51. The van der Waals surface area contributed by atoms with Crippen molar-refractivity contribution in [1.29, 1.82) is 0 Å². The van der Waals surface area contributed by atoms with Crippen molar-refractivity contribution >= 4 is 11.6 Å². The summed E-state index contributed by atoms with van der Waals surface area (Å²) in [6, 6.07) is 0. The molecule has 2 bridgehead atoms. The lowest BCUT2D eigenvalue weighted by molar-refractivity contribution is -0.158. The van der Waals surface area contributed by atoms with Gasteiger partial charge in [0.2, 0.25) is 0 Å².